The summed E-state index contributed by atoms with van der Waals surface area (Å²) < 4.78 is 12.8. The third kappa shape index (κ3) is 3.40. The highest BCUT2D eigenvalue weighted by molar-refractivity contribution is 5.97. The van der Waals surface area contributed by atoms with Gasteiger partial charge >= 0.3 is 0 Å². The number of hydrogen-bond acceptors (Lipinski definition) is 3. The number of Topliss-reactive ketones (excluding diaryl/α,β-unsaturated/α-hetero) is 1. The molecule has 0 aliphatic rings. The Kier molecular flexibility index (Phi) is 4.37. The molecule has 0 aromatic carbocycles. The van der Waals surface area contributed by atoms with Crippen LogP contribution in [0.1, 0.15) is 24.2 Å². The van der Waals surface area contributed by atoms with Crippen molar-refractivity contribution in [1.29, 1.82) is 0 Å². The molecule has 1 heterocycles. The first-order chi connectivity index (χ1) is 7.15. The summed E-state index contributed by atoms with van der Waals surface area (Å²) in [6, 6.07) is 1.22. The van der Waals surface area contributed by atoms with Crippen LogP contribution in [0.4, 0.5) is 4.39 Å². The Bertz CT molecular complexity index is 341. The van der Waals surface area contributed by atoms with E-state index in [0.29, 0.717) is 12.1 Å². The topological polar surface area (TPSA) is 42.0 Å². The zero-order chi connectivity index (χ0) is 11.3. The molecule has 0 aliphatic heterocycles. The molecular weight excluding hydrogens is 195 g/mol. The molecule has 0 spiro atoms. The van der Waals surface area contributed by atoms with Gasteiger partial charge in [0.25, 0.3) is 0 Å². The molecule has 0 bridgehead atoms. The number of hydrogen-bond donors (Lipinski definition) is 1. The van der Waals surface area contributed by atoms with E-state index in [4.69, 9.17) is 0 Å². The molecule has 4 heteroatoms. The predicted octanol–water partition coefficient (Wildman–Crippen LogP) is 1.65. The predicted molar refractivity (Wildman–Crippen MR) is 56.2 cm³/mol. The first-order valence-electron chi connectivity index (χ1n) is 5.00. The number of halogens is 1. The Morgan fingerprint density at radius 1 is 1.60 bits per heavy atom. The summed E-state index contributed by atoms with van der Waals surface area (Å²) in [5.41, 5.74) is 0.334. The Morgan fingerprint density at radius 2 is 2.33 bits per heavy atom. The molecule has 0 fully saturated rings. The molecule has 3 nitrogen and oxygen atoms in total. The highest BCUT2D eigenvalue weighted by atomic mass is 19.1. The van der Waals surface area contributed by atoms with Crippen molar-refractivity contribution in [2.45, 2.75) is 13.8 Å². The number of ketones is 1. The van der Waals surface area contributed by atoms with Crippen LogP contribution in [-0.2, 0) is 0 Å². The van der Waals surface area contributed by atoms with E-state index >= 15 is 0 Å². The van der Waals surface area contributed by atoms with Crippen LogP contribution < -0.4 is 5.32 Å². The monoisotopic (exact) mass is 210 g/mol. The molecule has 1 atom stereocenters. The Labute approximate surface area is 88.7 Å². The third-order valence-corrected chi connectivity index (χ3v) is 2.14. The second-order valence-corrected chi connectivity index (χ2v) is 3.46. The third-order valence-electron chi connectivity index (χ3n) is 2.14. The van der Waals surface area contributed by atoms with Crippen LogP contribution in [0.25, 0.3) is 0 Å². The molecule has 1 rings (SSSR count). The number of aromatic nitrogens is 1. The number of nitrogens with zero attached hydrogens (tertiary/aromatic N) is 1. The van der Waals surface area contributed by atoms with Gasteiger partial charge in [-0.1, -0.05) is 13.8 Å². The Hall–Kier alpha value is -1.29. The first kappa shape index (κ1) is 11.8. The van der Waals surface area contributed by atoms with Crippen molar-refractivity contribution >= 4 is 5.78 Å². The van der Waals surface area contributed by atoms with Gasteiger partial charge in [-0.3, -0.25) is 9.78 Å². The maximum atomic E-state index is 12.8. The lowest BCUT2D eigenvalue weighted by Crippen LogP contribution is -2.26. The fourth-order valence-electron chi connectivity index (χ4n) is 1.28. The van der Waals surface area contributed by atoms with Gasteiger partial charge in [-0.2, -0.15) is 0 Å². The van der Waals surface area contributed by atoms with Crippen molar-refractivity contribution in [3.63, 3.8) is 0 Å². The van der Waals surface area contributed by atoms with E-state index in [1.165, 1.54) is 12.3 Å². The van der Waals surface area contributed by atoms with Crippen LogP contribution in [0.3, 0.4) is 0 Å². The second kappa shape index (κ2) is 5.56. The minimum absolute atomic E-state index is 0.0806. The normalized spacial score (nSPS) is 12.5. The van der Waals surface area contributed by atoms with E-state index < -0.39 is 5.82 Å². The molecule has 1 aromatic heterocycles. The van der Waals surface area contributed by atoms with Gasteiger partial charge in [-0.15, -0.1) is 0 Å². The SMILES string of the molecule is CCNCC(C)C(=O)c1cncc(F)c1. The zero-order valence-electron chi connectivity index (χ0n) is 8.96. The van der Waals surface area contributed by atoms with Crippen molar-refractivity contribution in [3.8, 4) is 0 Å². The molecule has 0 aliphatic carbocycles. The van der Waals surface area contributed by atoms with Crippen LogP contribution in [-0.4, -0.2) is 23.9 Å². The van der Waals surface area contributed by atoms with Gasteiger partial charge in [0.1, 0.15) is 5.82 Å². The highest BCUT2D eigenvalue weighted by Crippen LogP contribution is 2.08. The van der Waals surface area contributed by atoms with E-state index in [1.54, 1.807) is 0 Å². The lowest BCUT2D eigenvalue weighted by Gasteiger charge is -2.10. The summed E-state index contributed by atoms with van der Waals surface area (Å²) in [4.78, 5) is 15.4. The molecule has 1 aromatic rings. The van der Waals surface area contributed by atoms with Crippen LogP contribution in [0.5, 0.6) is 0 Å². The summed E-state index contributed by atoms with van der Waals surface area (Å²) in [5.74, 6) is -0.715. The van der Waals surface area contributed by atoms with Crippen molar-refractivity contribution in [2.75, 3.05) is 13.1 Å². The Balaban J connectivity index is 2.67. The van der Waals surface area contributed by atoms with Crippen LogP contribution in [0.2, 0.25) is 0 Å². The van der Waals surface area contributed by atoms with E-state index in [0.717, 1.165) is 12.7 Å². The maximum absolute atomic E-state index is 12.8. The molecule has 1 unspecified atom stereocenters. The van der Waals surface area contributed by atoms with Crippen LogP contribution in [0, 0.1) is 11.7 Å². The minimum atomic E-state index is -0.475. The largest absolute Gasteiger partial charge is 0.316 e. The molecule has 0 saturated carbocycles. The van der Waals surface area contributed by atoms with Crippen LogP contribution in [0.15, 0.2) is 18.5 Å². The van der Waals surface area contributed by atoms with Crippen molar-refractivity contribution in [3.05, 3.63) is 29.8 Å². The van der Waals surface area contributed by atoms with Crippen molar-refractivity contribution < 1.29 is 9.18 Å². The zero-order valence-corrected chi connectivity index (χ0v) is 8.96. The number of carbonyl (C=O) groups is 1. The summed E-state index contributed by atoms with van der Waals surface area (Å²) >= 11 is 0. The molecule has 0 amide bonds. The smallest absolute Gasteiger partial charge is 0.168 e. The Morgan fingerprint density at radius 3 is 2.93 bits per heavy atom. The summed E-state index contributed by atoms with van der Waals surface area (Å²) in [7, 11) is 0. The number of pyridine rings is 1. The summed E-state index contributed by atoms with van der Waals surface area (Å²) in [6.07, 6.45) is 2.49. The van der Waals surface area contributed by atoms with Crippen molar-refractivity contribution in [1.82, 2.24) is 10.3 Å². The highest BCUT2D eigenvalue weighted by Gasteiger charge is 2.15. The molecule has 0 radical (unpaired) electrons. The van der Waals surface area contributed by atoms with Crippen molar-refractivity contribution in [2.24, 2.45) is 5.92 Å². The van der Waals surface area contributed by atoms with E-state index in [2.05, 4.69) is 10.3 Å². The lowest BCUT2D eigenvalue weighted by molar-refractivity contribution is 0.0928. The van der Waals surface area contributed by atoms with Crippen LogP contribution >= 0.6 is 0 Å². The van der Waals surface area contributed by atoms with Gasteiger partial charge in [0.2, 0.25) is 0 Å². The quantitative estimate of drug-likeness (QED) is 0.751. The fraction of sp³-hybridized carbons (Fsp3) is 0.455. The fourth-order valence-corrected chi connectivity index (χ4v) is 1.28. The molecule has 1 N–H and O–H groups in total. The van der Waals surface area contributed by atoms with E-state index in [-0.39, 0.29) is 11.7 Å². The maximum Gasteiger partial charge on any atom is 0.168 e. The molecular formula is C11H15FN2O. The van der Waals surface area contributed by atoms with Gasteiger partial charge in [0.15, 0.2) is 5.78 Å². The minimum Gasteiger partial charge on any atom is -0.316 e. The van der Waals surface area contributed by atoms with Gasteiger partial charge < -0.3 is 5.32 Å². The van der Waals surface area contributed by atoms with Gasteiger partial charge in [0.05, 0.1) is 6.20 Å². The number of rotatable bonds is 5. The lowest BCUT2D eigenvalue weighted by atomic mass is 10.0. The average Bonchev–Trinajstić information content (AvgIpc) is 2.24. The van der Waals surface area contributed by atoms with Gasteiger partial charge in [0, 0.05) is 24.2 Å². The number of carbonyl (C=O) groups excluding carboxylic acids is 1. The first-order valence-corrected chi connectivity index (χ1v) is 5.00. The van der Waals surface area contributed by atoms with E-state index in [9.17, 15) is 9.18 Å². The standard InChI is InChI=1S/C11H15FN2O/c1-3-13-5-8(2)11(15)9-4-10(12)7-14-6-9/h4,6-8,13H,3,5H2,1-2H3. The average molecular weight is 210 g/mol. The van der Waals surface area contributed by atoms with Gasteiger partial charge in [-0.25, -0.2) is 4.39 Å². The molecule has 0 saturated heterocycles. The van der Waals surface area contributed by atoms with E-state index in [1.807, 2.05) is 13.8 Å². The summed E-state index contributed by atoms with van der Waals surface area (Å²) in [5, 5.41) is 3.08. The second-order valence-electron chi connectivity index (χ2n) is 3.46. The number of nitrogens with one attached hydrogen (secondary N) is 1. The molecule has 82 valence electrons. The molecule has 15 heavy (non-hydrogen) atoms. The summed E-state index contributed by atoms with van der Waals surface area (Å²) in [6.45, 7) is 5.21. The van der Waals surface area contributed by atoms with Gasteiger partial charge in [-0.05, 0) is 12.6 Å².